The summed E-state index contributed by atoms with van der Waals surface area (Å²) < 4.78 is 0.530. The van der Waals surface area contributed by atoms with E-state index in [0.717, 1.165) is 5.56 Å². The third kappa shape index (κ3) is 3.47. The number of amides is 1. The van der Waals surface area contributed by atoms with Crippen molar-refractivity contribution >= 4 is 21.8 Å². The number of pyridine rings is 1. The largest absolute Gasteiger partial charge is 0.334 e. The molecule has 0 aliphatic carbocycles. The molecule has 5 heteroatoms. The molecule has 4 nitrogen and oxygen atoms in total. The first kappa shape index (κ1) is 15.2. The number of aromatic nitrogens is 1. The van der Waals surface area contributed by atoms with Crippen molar-refractivity contribution in [2.75, 3.05) is 6.54 Å². The number of nitriles is 1. The lowest BCUT2D eigenvalue weighted by Crippen LogP contribution is -2.31. The molecular weight excluding hydrogens is 330 g/mol. The van der Waals surface area contributed by atoms with Gasteiger partial charge in [0.25, 0.3) is 5.91 Å². The second kappa shape index (κ2) is 7.00. The van der Waals surface area contributed by atoms with Gasteiger partial charge in [-0.3, -0.25) is 4.79 Å². The minimum Gasteiger partial charge on any atom is -0.334 e. The number of carbonyl (C=O) groups excluding carboxylic acids is 1. The van der Waals surface area contributed by atoms with Gasteiger partial charge >= 0.3 is 0 Å². The van der Waals surface area contributed by atoms with Crippen LogP contribution in [-0.4, -0.2) is 22.3 Å². The van der Waals surface area contributed by atoms with Crippen molar-refractivity contribution in [1.82, 2.24) is 9.88 Å². The number of rotatable bonds is 4. The molecule has 0 saturated carbocycles. The van der Waals surface area contributed by atoms with Gasteiger partial charge in [0, 0.05) is 19.3 Å². The Morgan fingerprint density at radius 2 is 2.10 bits per heavy atom. The van der Waals surface area contributed by atoms with Crippen LogP contribution in [0.3, 0.4) is 0 Å². The molecule has 2 aromatic rings. The van der Waals surface area contributed by atoms with Crippen molar-refractivity contribution in [3.63, 3.8) is 0 Å². The van der Waals surface area contributed by atoms with Gasteiger partial charge in [-0.15, -0.1) is 0 Å². The van der Waals surface area contributed by atoms with E-state index in [1.807, 2.05) is 25.1 Å². The minimum absolute atomic E-state index is 0.106. The second-order valence-electron chi connectivity index (χ2n) is 4.43. The second-order valence-corrected chi connectivity index (χ2v) is 5.18. The fourth-order valence-corrected chi connectivity index (χ4v) is 2.44. The fourth-order valence-electron chi connectivity index (χ4n) is 2.02. The summed E-state index contributed by atoms with van der Waals surface area (Å²) in [5.41, 5.74) is 1.96. The highest BCUT2D eigenvalue weighted by Gasteiger charge is 2.18. The summed E-state index contributed by atoms with van der Waals surface area (Å²) >= 11 is 3.30. The normalized spacial score (nSPS) is 9.95. The van der Waals surface area contributed by atoms with Gasteiger partial charge in [-0.25, -0.2) is 4.98 Å². The molecule has 0 spiro atoms. The van der Waals surface area contributed by atoms with Crippen LogP contribution in [0.5, 0.6) is 0 Å². The molecule has 0 fully saturated rings. The van der Waals surface area contributed by atoms with Crippen molar-refractivity contribution in [3.05, 3.63) is 63.9 Å². The van der Waals surface area contributed by atoms with E-state index in [0.29, 0.717) is 28.8 Å². The molecule has 0 unspecified atom stereocenters. The quantitative estimate of drug-likeness (QED) is 0.799. The first-order chi connectivity index (χ1) is 10.2. The maximum Gasteiger partial charge on any atom is 0.256 e. The SMILES string of the molecule is CCN(Cc1ccccc1C#N)C(=O)c1cccnc1Br. The number of hydrogen-bond acceptors (Lipinski definition) is 3. The molecule has 0 radical (unpaired) electrons. The number of benzene rings is 1. The predicted octanol–water partition coefficient (Wildman–Crippen LogP) is 3.38. The van der Waals surface area contributed by atoms with E-state index >= 15 is 0 Å². The molecule has 1 amide bonds. The molecule has 0 saturated heterocycles. The number of carbonyl (C=O) groups is 1. The Balaban J connectivity index is 2.27. The zero-order chi connectivity index (χ0) is 15.2. The molecule has 106 valence electrons. The van der Waals surface area contributed by atoms with Crippen molar-refractivity contribution < 1.29 is 4.79 Å². The van der Waals surface area contributed by atoms with Crippen molar-refractivity contribution in [2.45, 2.75) is 13.5 Å². The third-order valence-corrected chi connectivity index (χ3v) is 3.79. The van der Waals surface area contributed by atoms with Crippen LogP contribution in [0, 0.1) is 11.3 Å². The molecule has 21 heavy (non-hydrogen) atoms. The fraction of sp³-hybridized carbons (Fsp3) is 0.188. The van der Waals surface area contributed by atoms with Gasteiger partial charge < -0.3 is 4.90 Å². The molecule has 0 bridgehead atoms. The third-order valence-electron chi connectivity index (χ3n) is 3.16. The highest BCUT2D eigenvalue weighted by atomic mass is 79.9. The van der Waals surface area contributed by atoms with Crippen LogP contribution in [0.1, 0.15) is 28.4 Å². The van der Waals surface area contributed by atoms with Crippen molar-refractivity contribution in [2.24, 2.45) is 0 Å². The van der Waals surface area contributed by atoms with Crippen LogP contribution in [0.25, 0.3) is 0 Å². The zero-order valence-electron chi connectivity index (χ0n) is 11.6. The summed E-state index contributed by atoms with van der Waals surface area (Å²) in [7, 11) is 0. The van der Waals surface area contributed by atoms with Crippen molar-refractivity contribution in [3.8, 4) is 6.07 Å². The lowest BCUT2D eigenvalue weighted by molar-refractivity contribution is 0.0751. The van der Waals surface area contributed by atoms with E-state index in [2.05, 4.69) is 27.0 Å². The highest BCUT2D eigenvalue weighted by Crippen LogP contribution is 2.18. The van der Waals surface area contributed by atoms with Crippen LogP contribution < -0.4 is 0 Å². The maximum absolute atomic E-state index is 12.6. The van der Waals surface area contributed by atoms with E-state index in [1.54, 1.807) is 29.3 Å². The van der Waals surface area contributed by atoms with E-state index in [-0.39, 0.29) is 5.91 Å². The summed E-state index contributed by atoms with van der Waals surface area (Å²) in [4.78, 5) is 18.3. The summed E-state index contributed by atoms with van der Waals surface area (Å²) in [5.74, 6) is -0.106. The van der Waals surface area contributed by atoms with Crippen LogP contribution >= 0.6 is 15.9 Å². The maximum atomic E-state index is 12.6. The Morgan fingerprint density at radius 3 is 2.76 bits per heavy atom. The Labute approximate surface area is 132 Å². The van der Waals surface area contributed by atoms with E-state index in [9.17, 15) is 4.79 Å². The summed E-state index contributed by atoms with van der Waals surface area (Å²) in [5, 5.41) is 9.13. The van der Waals surface area contributed by atoms with Gasteiger partial charge in [0.1, 0.15) is 4.60 Å². The van der Waals surface area contributed by atoms with Crippen molar-refractivity contribution in [1.29, 1.82) is 5.26 Å². The summed E-state index contributed by atoms with van der Waals surface area (Å²) in [6.07, 6.45) is 1.63. The zero-order valence-corrected chi connectivity index (χ0v) is 13.2. The Bertz CT molecular complexity index is 694. The molecule has 0 aliphatic rings. The van der Waals surface area contributed by atoms with Crippen LogP contribution in [-0.2, 0) is 6.54 Å². The summed E-state index contributed by atoms with van der Waals surface area (Å²) in [6, 6.07) is 12.9. The van der Waals surface area contributed by atoms with Gasteiger partial charge in [-0.2, -0.15) is 5.26 Å². The van der Waals surface area contributed by atoms with Crippen LogP contribution in [0.15, 0.2) is 47.2 Å². The monoisotopic (exact) mass is 343 g/mol. The molecule has 0 aliphatic heterocycles. The molecule has 1 aromatic carbocycles. The Morgan fingerprint density at radius 1 is 1.33 bits per heavy atom. The molecule has 1 heterocycles. The topological polar surface area (TPSA) is 57.0 Å². The average Bonchev–Trinajstić information content (AvgIpc) is 2.52. The van der Waals surface area contributed by atoms with E-state index in [1.165, 1.54) is 0 Å². The molecule has 0 atom stereocenters. The molecule has 1 aromatic heterocycles. The first-order valence-corrected chi connectivity index (χ1v) is 7.34. The summed E-state index contributed by atoms with van der Waals surface area (Å²) in [6.45, 7) is 2.87. The number of halogens is 1. The van der Waals surface area contributed by atoms with E-state index < -0.39 is 0 Å². The highest BCUT2D eigenvalue weighted by molar-refractivity contribution is 9.10. The minimum atomic E-state index is -0.106. The Kier molecular flexibility index (Phi) is 5.07. The smallest absolute Gasteiger partial charge is 0.256 e. The Hall–Kier alpha value is -2.19. The lowest BCUT2D eigenvalue weighted by atomic mass is 10.1. The van der Waals surface area contributed by atoms with Crippen LogP contribution in [0.4, 0.5) is 0 Å². The standard InChI is InChI=1S/C16H14BrN3O/c1-2-20(11-13-7-4-3-6-12(13)10-18)16(21)14-8-5-9-19-15(14)17/h3-9H,2,11H2,1H3. The molecule has 0 N–H and O–H groups in total. The number of hydrogen-bond donors (Lipinski definition) is 0. The number of nitrogens with zero attached hydrogens (tertiary/aromatic N) is 3. The van der Waals surface area contributed by atoms with Crippen LogP contribution in [0.2, 0.25) is 0 Å². The van der Waals surface area contributed by atoms with E-state index in [4.69, 9.17) is 5.26 Å². The molecule has 2 rings (SSSR count). The van der Waals surface area contributed by atoms with Gasteiger partial charge in [0.15, 0.2) is 0 Å². The average molecular weight is 344 g/mol. The lowest BCUT2D eigenvalue weighted by Gasteiger charge is -2.22. The first-order valence-electron chi connectivity index (χ1n) is 6.55. The van der Waals surface area contributed by atoms with Gasteiger partial charge in [0.2, 0.25) is 0 Å². The van der Waals surface area contributed by atoms with Gasteiger partial charge in [-0.05, 0) is 46.6 Å². The molecular formula is C16H14BrN3O. The predicted molar refractivity (Wildman–Crippen MR) is 83.5 cm³/mol. The van der Waals surface area contributed by atoms with Gasteiger partial charge in [-0.1, -0.05) is 18.2 Å². The van der Waals surface area contributed by atoms with Gasteiger partial charge in [0.05, 0.1) is 17.2 Å².